The number of carbonyl (C=O) groups is 1. The van der Waals surface area contributed by atoms with E-state index in [2.05, 4.69) is 5.32 Å². The Bertz CT molecular complexity index is 704. The molecule has 0 aliphatic carbocycles. The Labute approximate surface area is 116 Å². The largest absolute Gasteiger partial charge is 0.491 e. The molecule has 1 atom stereocenters. The third kappa shape index (κ3) is 2.21. The lowest BCUT2D eigenvalue weighted by Crippen LogP contribution is -2.29. The van der Waals surface area contributed by atoms with Crippen molar-refractivity contribution in [3.05, 3.63) is 65.2 Å². The van der Waals surface area contributed by atoms with Crippen molar-refractivity contribution in [2.75, 3.05) is 6.61 Å². The van der Waals surface area contributed by atoms with Gasteiger partial charge in [0.15, 0.2) is 0 Å². The number of fused-ring (bicyclic) bond motifs is 1. The van der Waals surface area contributed by atoms with Gasteiger partial charge in [0.25, 0.3) is 5.91 Å². The van der Waals surface area contributed by atoms with Gasteiger partial charge in [0, 0.05) is 11.1 Å². The van der Waals surface area contributed by atoms with Crippen molar-refractivity contribution >= 4 is 5.91 Å². The number of rotatable bonds is 2. The van der Waals surface area contributed by atoms with E-state index in [1.165, 1.54) is 0 Å². The smallest absolute Gasteiger partial charge is 0.251 e. The highest BCUT2D eigenvalue weighted by Gasteiger charge is 2.25. The van der Waals surface area contributed by atoms with Crippen LogP contribution >= 0.6 is 0 Å². The Balaban J connectivity index is 1.79. The molecule has 1 N–H and O–H groups in total. The van der Waals surface area contributed by atoms with Crippen LogP contribution in [0.15, 0.2) is 48.5 Å². The molecule has 20 heavy (non-hydrogen) atoms. The van der Waals surface area contributed by atoms with Crippen LogP contribution in [0.5, 0.6) is 5.75 Å². The molecule has 4 heteroatoms. The van der Waals surface area contributed by atoms with Crippen LogP contribution in [0.1, 0.15) is 27.5 Å². The molecule has 0 spiro atoms. The maximum atomic E-state index is 12.2. The summed E-state index contributed by atoms with van der Waals surface area (Å²) in [7, 11) is 0. The number of benzene rings is 2. The van der Waals surface area contributed by atoms with Crippen LogP contribution in [0, 0.1) is 11.3 Å². The number of para-hydroxylation sites is 1. The lowest BCUT2D eigenvalue weighted by Gasteiger charge is -2.11. The third-order valence-corrected chi connectivity index (χ3v) is 3.26. The molecule has 0 aromatic heterocycles. The van der Waals surface area contributed by atoms with Gasteiger partial charge in [-0.2, -0.15) is 5.26 Å². The molecule has 1 aliphatic rings. The summed E-state index contributed by atoms with van der Waals surface area (Å²) in [6.45, 7) is 0.434. The summed E-state index contributed by atoms with van der Waals surface area (Å²) >= 11 is 0. The molecule has 1 unspecified atom stereocenters. The van der Waals surface area contributed by atoms with E-state index >= 15 is 0 Å². The van der Waals surface area contributed by atoms with Crippen LogP contribution in [-0.2, 0) is 0 Å². The quantitative estimate of drug-likeness (QED) is 0.906. The van der Waals surface area contributed by atoms with E-state index in [1.54, 1.807) is 24.3 Å². The first-order chi connectivity index (χ1) is 9.78. The summed E-state index contributed by atoms with van der Waals surface area (Å²) in [5.41, 5.74) is 1.94. The number of ether oxygens (including phenoxy) is 1. The Morgan fingerprint density at radius 3 is 2.95 bits per heavy atom. The summed E-state index contributed by atoms with van der Waals surface area (Å²) < 4.78 is 5.53. The van der Waals surface area contributed by atoms with Gasteiger partial charge in [-0.1, -0.05) is 24.3 Å². The van der Waals surface area contributed by atoms with Crippen LogP contribution in [0.25, 0.3) is 0 Å². The fraction of sp³-hybridized carbons (Fsp3) is 0.125. The molecular formula is C16H12N2O2. The summed E-state index contributed by atoms with van der Waals surface area (Å²) in [5.74, 6) is 0.607. The highest BCUT2D eigenvalue weighted by molar-refractivity contribution is 5.94. The summed E-state index contributed by atoms with van der Waals surface area (Å²) in [6.07, 6.45) is 0. The molecule has 4 nitrogen and oxygen atoms in total. The van der Waals surface area contributed by atoms with E-state index < -0.39 is 0 Å². The average molecular weight is 264 g/mol. The first-order valence-corrected chi connectivity index (χ1v) is 6.30. The van der Waals surface area contributed by atoms with E-state index in [0.717, 1.165) is 11.3 Å². The lowest BCUT2D eigenvalue weighted by molar-refractivity contribution is 0.0930. The van der Waals surface area contributed by atoms with Gasteiger partial charge in [-0.3, -0.25) is 4.79 Å². The number of nitriles is 1. The molecule has 1 aliphatic heterocycles. The van der Waals surface area contributed by atoms with Gasteiger partial charge >= 0.3 is 0 Å². The van der Waals surface area contributed by atoms with E-state index in [4.69, 9.17) is 10.00 Å². The molecule has 0 fully saturated rings. The van der Waals surface area contributed by atoms with Gasteiger partial charge in [0.1, 0.15) is 12.4 Å². The van der Waals surface area contributed by atoms with Gasteiger partial charge in [0.05, 0.1) is 17.7 Å². The Kier molecular flexibility index (Phi) is 3.10. The minimum Gasteiger partial charge on any atom is -0.491 e. The third-order valence-electron chi connectivity index (χ3n) is 3.26. The monoisotopic (exact) mass is 264 g/mol. The molecule has 2 aromatic rings. The van der Waals surface area contributed by atoms with Crippen molar-refractivity contribution in [2.24, 2.45) is 0 Å². The zero-order valence-corrected chi connectivity index (χ0v) is 10.7. The molecule has 1 amide bonds. The number of carbonyl (C=O) groups excluding carboxylic acids is 1. The number of hydrogen-bond donors (Lipinski definition) is 1. The van der Waals surface area contributed by atoms with Crippen LogP contribution in [0.2, 0.25) is 0 Å². The van der Waals surface area contributed by atoms with Crippen molar-refractivity contribution in [1.29, 1.82) is 5.26 Å². The number of nitrogens with one attached hydrogen (secondary N) is 1. The Morgan fingerprint density at radius 1 is 1.25 bits per heavy atom. The maximum absolute atomic E-state index is 12.2. The van der Waals surface area contributed by atoms with Crippen LogP contribution in [-0.4, -0.2) is 12.5 Å². The SMILES string of the molecule is N#Cc1cccc(C(=O)NC2COc3ccccc32)c1. The normalized spacial score (nSPS) is 15.8. The second-order valence-corrected chi connectivity index (χ2v) is 4.57. The van der Waals surface area contributed by atoms with Crippen molar-refractivity contribution in [2.45, 2.75) is 6.04 Å². The van der Waals surface area contributed by atoms with Crippen molar-refractivity contribution < 1.29 is 9.53 Å². The second kappa shape index (κ2) is 5.06. The predicted molar refractivity (Wildman–Crippen MR) is 73.3 cm³/mol. The minimum atomic E-state index is -0.201. The summed E-state index contributed by atoms with van der Waals surface area (Å²) in [5, 5.41) is 11.8. The lowest BCUT2D eigenvalue weighted by atomic mass is 10.1. The molecule has 0 bridgehead atoms. The van der Waals surface area contributed by atoms with Crippen molar-refractivity contribution in [1.82, 2.24) is 5.32 Å². The van der Waals surface area contributed by atoms with E-state index in [0.29, 0.717) is 17.7 Å². The van der Waals surface area contributed by atoms with Gasteiger partial charge in [0.2, 0.25) is 0 Å². The molecular weight excluding hydrogens is 252 g/mol. The first kappa shape index (κ1) is 12.2. The number of amides is 1. The zero-order chi connectivity index (χ0) is 13.9. The fourth-order valence-corrected chi connectivity index (χ4v) is 2.25. The maximum Gasteiger partial charge on any atom is 0.251 e. The van der Waals surface area contributed by atoms with E-state index in [1.807, 2.05) is 30.3 Å². The molecule has 1 heterocycles. The molecule has 0 saturated heterocycles. The molecule has 0 saturated carbocycles. The average Bonchev–Trinajstić information content (AvgIpc) is 2.90. The van der Waals surface area contributed by atoms with Gasteiger partial charge in [-0.25, -0.2) is 0 Å². The van der Waals surface area contributed by atoms with Gasteiger partial charge in [-0.05, 0) is 24.3 Å². The highest BCUT2D eigenvalue weighted by atomic mass is 16.5. The summed E-state index contributed by atoms with van der Waals surface area (Å²) in [4.78, 5) is 12.2. The Morgan fingerprint density at radius 2 is 2.10 bits per heavy atom. The Hall–Kier alpha value is -2.80. The second-order valence-electron chi connectivity index (χ2n) is 4.57. The molecule has 3 rings (SSSR count). The topological polar surface area (TPSA) is 62.1 Å². The van der Waals surface area contributed by atoms with Gasteiger partial charge in [-0.15, -0.1) is 0 Å². The molecule has 2 aromatic carbocycles. The predicted octanol–water partition coefficient (Wildman–Crippen LogP) is 2.42. The fourth-order valence-electron chi connectivity index (χ4n) is 2.25. The number of nitrogens with zero attached hydrogens (tertiary/aromatic N) is 1. The van der Waals surface area contributed by atoms with Crippen molar-refractivity contribution in [3.8, 4) is 11.8 Å². The summed E-state index contributed by atoms with van der Waals surface area (Å²) in [6, 6.07) is 16.2. The number of hydrogen-bond acceptors (Lipinski definition) is 3. The van der Waals surface area contributed by atoms with Gasteiger partial charge < -0.3 is 10.1 Å². The van der Waals surface area contributed by atoms with Crippen LogP contribution < -0.4 is 10.1 Å². The highest BCUT2D eigenvalue weighted by Crippen LogP contribution is 2.31. The van der Waals surface area contributed by atoms with Crippen LogP contribution in [0.3, 0.4) is 0 Å². The van der Waals surface area contributed by atoms with Crippen LogP contribution in [0.4, 0.5) is 0 Å². The molecule has 0 radical (unpaired) electrons. The van der Waals surface area contributed by atoms with E-state index in [9.17, 15) is 4.79 Å². The first-order valence-electron chi connectivity index (χ1n) is 6.30. The zero-order valence-electron chi connectivity index (χ0n) is 10.7. The molecule has 98 valence electrons. The van der Waals surface area contributed by atoms with Crippen molar-refractivity contribution in [3.63, 3.8) is 0 Å². The standard InChI is InChI=1S/C16H12N2O2/c17-9-11-4-3-5-12(8-11)16(19)18-14-10-20-15-7-2-1-6-13(14)15/h1-8,14H,10H2,(H,18,19). The van der Waals surface area contributed by atoms with E-state index in [-0.39, 0.29) is 11.9 Å². The minimum absolute atomic E-state index is 0.149.